The smallest absolute Gasteiger partial charge is 0.320 e. The van der Waals surface area contributed by atoms with Crippen LogP contribution in [-0.4, -0.2) is 29.0 Å². The first-order valence-corrected chi connectivity index (χ1v) is 8.80. The molecule has 0 atom stereocenters. The summed E-state index contributed by atoms with van der Waals surface area (Å²) in [6.07, 6.45) is 1.54. The molecule has 3 aromatic rings. The Balaban J connectivity index is 1.62. The first-order valence-electron chi connectivity index (χ1n) is 6.94. The maximum Gasteiger partial charge on any atom is 0.320 e. The maximum atomic E-state index is 11.8. The molecule has 24 heavy (non-hydrogen) atoms. The van der Waals surface area contributed by atoms with Crippen molar-refractivity contribution in [3.8, 4) is 17.0 Å². The summed E-state index contributed by atoms with van der Waals surface area (Å²) < 4.78 is 12.3. The fourth-order valence-corrected chi connectivity index (χ4v) is 3.48. The molecule has 0 radical (unpaired) electrons. The summed E-state index contributed by atoms with van der Waals surface area (Å²) in [4.78, 5) is 8.36. The number of hydrogen-bond acceptors (Lipinski definition) is 8. The lowest BCUT2D eigenvalue weighted by molar-refractivity contribution is -0.739. The van der Waals surface area contributed by atoms with E-state index in [-0.39, 0.29) is 17.5 Å². The summed E-state index contributed by atoms with van der Waals surface area (Å²) in [6.45, 7) is 0. The Hall–Kier alpha value is -2.39. The van der Waals surface area contributed by atoms with Crippen LogP contribution in [0.4, 0.5) is 5.88 Å². The third-order valence-corrected chi connectivity index (χ3v) is 4.99. The summed E-state index contributed by atoms with van der Waals surface area (Å²) in [7, 11) is 3.32. The predicted molar refractivity (Wildman–Crippen MR) is 89.6 cm³/mol. The third kappa shape index (κ3) is 4.12. The molecule has 0 bridgehead atoms. The number of thioether (sulfide) groups is 1. The van der Waals surface area contributed by atoms with E-state index >= 15 is 0 Å². The molecule has 2 heterocycles. The van der Waals surface area contributed by atoms with Gasteiger partial charge in [-0.25, -0.2) is 9.98 Å². The van der Waals surface area contributed by atoms with Gasteiger partial charge in [0.1, 0.15) is 5.75 Å². The molecule has 0 amide bonds. The molecular formula is C15H14N4O3S2. The van der Waals surface area contributed by atoms with Gasteiger partial charge in [-0.15, -0.1) is 11.3 Å². The number of ether oxygens (including phenoxy) is 1. The van der Waals surface area contributed by atoms with Crippen molar-refractivity contribution >= 4 is 34.9 Å². The molecule has 0 fully saturated rings. The number of aryl methyl sites for hydroxylation is 1. The van der Waals surface area contributed by atoms with Gasteiger partial charge in [0.25, 0.3) is 6.20 Å². The first kappa shape index (κ1) is 16.5. The molecule has 9 heteroatoms. The van der Waals surface area contributed by atoms with E-state index < -0.39 is 0 Å². The molecule has 2 aromatic heterocycles. The zero-order valence-corrected chi connectivity index (χ0v) is 14.6. The van der Waals surface area contributed by atoms with E-state index in [0.717, 1.165) is 21.3 Å². The van der Waals surface area contributed by atoms with Crippen LogP contribution in [0.2, 0.25) is 0 Å². The number of thiazole rings is 1. The van der Waals surface area contributed by atoms with Gasteiger partial charge >= 0.3 is 5.88 Å². The van der Waals surface area contributed by atoms with Gasteiger partial charge in [0.05, 0.1) is 12.8 Å². The number of nitrogens with zero attached hydrogens (tertiary/aromatic N) is 4. The zero-order valence-electron chi connectivity index (χ0n) is 13.0. The Bertz CT molecular complexity index is 843. The average molecular weight is 362 g/mol. The highest BCUT2D eigenvalue weighted by atomic mass is 32.2. The molecule has 0 unspecified atom stereocenters. The minimum atomic E-state index is -0.294. The molecule has 0 saturated heterocycles. The number of hydrogen-bond donors (Lipinski definition) is 0. The van der Waals surface area contributed by atoms with E-state index in [2.05, 4.69) is 15.2 Å². The van der Waals surface area contributed by atoms with Crippen LogP contribution in [0.25, 0.3) is 11.3 Å². The number of benzene rings is 1. The number of rotatable bonds is 6. The maximum absolute atomic E-state index is 11.8. The van der Waals surface area contributed by atoms with E-state index in [0.29, 0.717) is 0 Å². The second-order valence-corrected chi connectivity index (χ2v) is 6.82. The van der Waals surface area contributed by atoms with Gasteiger partial charge < -0.3 is 9.84 Å². The van der Waals surface area contributed by atoms with Crippen molar-refractivity contribution in [2.75, 3.05) is 12.9 Å². The highest BCUT2D eigenvalue weighted by Crippen LogP contribution is 2.29. The summed E-state index contributed by atoms with van der Waals surface area (Å²) in [5, 5.41) is 17.4. The number of methoxy groups -OCH3 is 1. The van der Waals surface area contributed by atoms with Gasteiger partial charge in [-0.1, -0.05) is 16.4 Å². The highest BCUT2D eigenvalue weighted by Gasteiger charge is 2.07. The number of aliphatic imine (C=N–C) groups is 1. The van der Waals surface area contributed by atoms with Crippen molar-refractivity contribution in [1.82, 2.24) is 10.3 Å². The summed E-state index contributed by atoms with van der Waals surface area (Å²) in [5.41, 5.74) is 1.88. The number of aromatic nitrogens is 3. The quantitative estimate of drug-likeness (QED) is 0.288. The Kier molecular flexibility index (Phi) is 5.11. The lowest BCUT2D eigenvalue weighted by Crippen LogP contribution is -2.27. The molecular weight excluding hydrogens is 348 g/mol. The van der Waals surface area contributed by atoms with Crippen LogP contribution in [0.15, 0.2) is 49.7 Å². The molecule has 0 aliphatic carbocycles. The lowest BCUT2D eigenvalue weighted by atomic mass is 10.2. The van der Waals surface area contributed by atoms with E-state index in [4.69, 9.17) is 9.26 Å². The molecule has 1 aromatic carbocycles. The standard InChI is InChI=1S/C15H14N4O3S2/c1-19-7-14(22-18-19)17-13(20)9-24-15-16-12(8-23-15)10-3-5-11(21-2)6-4-10/h3-8H,9H2,1-2H3. The lowest BCUT2D eigenvalue weighted by Gasteiger charge is -2.06. The second-order valence-electron chi connectivity index (χ2n) is 4.74. The normalized spacial score (nSPS) is 11.7. The average Bonchev–Trinajstić information content (AvgIpc) is 3.22. The summed E-state index contributed by atoms with van der Waals surface area (Å²) in [5.74, 6) is 0.899. The van der Waals surface area contributed by atoms with Gasteiger partial charge in [-0.3, -0.25) is 4.52 Å². The predicted octanol–water partition coefficient (Wildman–Crippen LogP) is 1.81. The zero-order chi connectivity index (χ0) is 16.9. The van der Waals surface area contributed by atoms with Crippen LogP contribution in [0.5, 0.6) is 5.75 Å². The fraction of sp³-hybridized carbons (Fsp3) is 0.200. The van der Waals surface area contributed by atoms with Crippen molar-refractivity contribution in [3.05, 3.63) is 35.8 Å². The monoisotopic (exact) mass is 362 g/mol. The van der Waals surface area contributed by atoms with E-state index in [1.807, 2.05) is 29.6 Å². The molecule has 0 aliphatic rings. The molecule has 0 N–H and O–H groups in total. The molecule has 7 nitrogen and oxygen atoms in total. The Labute approximate surface area is 146 Å². The van der Waals surface area contributed by atoms with Gasteiger partial charge in [0.15, 0.2) is 16.7 Å². The first-order chi connectivity index (χ1) is 11.6. The fourth-order valence-electron chi connectivity index (χ4n) is 1.86. The molecule has 124 valence electrons. The van der Waals surface area contributed by atoms with Crippen LogP contribution in [-0.2, 0) is 7.05 Å². The van der Waals surface area contributed by atoms with Gasteiger partial charge in [0.2, 0.25) is 0 Å². The Morgan fingerprint density at radius 2 is 2.21 bits per heavy atom. The van der Waals surface area contributed by atoms with Crippen molar-refractivity contribution in [1.29, 1.82) is 0 Å². The molecule has 3 rings (SSSR count). The summed E-state index contributed by atoms with van der Waals surface area (Å²) in [6, 6.07) is 7.68. The topological polar surface area (TPSA) is 87.5 Å². The second kappa shape index (κ2) is 7.45. The van der Waals surface area contributed by atoms with E-state index in [1.165, 1.54) is 34.0 Å². The van der Waals surface area contributed by atoms with Crippen molar-refractivity contribution in [2.24, 2.45) is 12.0 Å². The van der Waals surface area contributed by atoms with E-state index in [1.54, 1.807) is 14.2 Å². The Morgan fingerprint density at radius 3 is 2.88 bits per heavy atom. The van der Waals surface area contributed by atoms with Crippen LogP contribution in [0.1, 0.15) is 0 Å². The molecule has 0 spiro atoms. The highest BCUT2D eigenvalue weighted by molar-refractivity contribution is 8.01. The molecule has 0 saturated carbocycles. The van der Waals surface area contributed by atoms with Crippen LogP contribution < -0.4 is 14.5 Å². The van der Waals surface area contributed by atoms with Gasteiger partial charge in [-0.05, 0) is 30.2 Å². The van der Waals surface area contributed by atoms with Crippen molar-refractivity contribution < 1.29 is 19.0 Å². The van der Waals surface area contributed by atoms with Crippen LogP contribution in [0, 0.1) is 0 Å². The van der Waals surface area contributed by atoms with Crippen molar-refractivity contribution in [3.63, 3.8) is 0 Å². The Morgan fingerprint density at radius 1 is 1.42 bits per heavy atom. The minimum absolute atomic E-state index is 0.194. The van der Waals surface area contributed by atoms with E-state index in [9.17, 15) is 5.11 Å². The SMILES string of the molecule is COc1ccc(-c2csc(SC/C([O-])=N\c3c[n+](C)no3)n2)cc1. The molecule has 0 aliphatic heterocycles. The van der Waals surface area contributed by atoms with Gasteiger partial charge in [-0.2, -0.15) is 0 Å². The third-order valence-electron chi connectivity index (χ3n) is 2.98. The summed E-state index contributed by atoms with van der Waals surface area (Å²) >= 11 is 2.84. The largest absolute Gasteiger partial charge is 0.861 e. The van der Waals surface area contributed by atoms with Crippen molar-refractivity contribution in [2.45, 2.75) is 4.34 Å². The van der Waals surface area contributed by atoms with Crippen LogP contribution in [0.3, 0.4) is 0 Å². The minimum Gasteiger partial charge on any atom is -0.861 e. The van der Waals surface area contributed by atoms with Gasteiger partial charge in [0, 0.05) is 16.7 Å². The van der Waals surface area contributed by atoms with Crippen LogP contribution >= 0.6 is 23.1 Å².